The first-order valence-electron chi connectivity index (χ1n) is 6.38. The van der Waals surface area contributed by atoms with E-state index >= 15 is 0 Å². The standard InChI is InChI=1S/C12H22N2O4S/c1-3-7-14(19(2,16)17)8-6-12(15)13-10-11-5-4-9-18-11/h3,11H,1,4-10H2,2H3,(H,13,15). The van der Waals surface area contributed by atoms with Crippen LogP contribution >= 0.6 is 0 Å². The van der Waals surface area contributed by atoms with E-state index < -0.39 is 10.0 Å². The van der Waals surface area contributed by atoms with E-state index in [4.69, 9.17) is 4.74 Å². The van der Waals surface area contributed by atoms with Crippen LogP contribution in [0.4, 0.5) is 0 Å². The van der Waals surface area contributed by atoms with E-state index in [2.05, 4.69) is 11.9 Å². The second-order valence-corrected chi connectivity index (χ2v) is 6.58. The van der Waals surface area contributed by atoms with Crippen molar-refractivity contribution < 1.29 is 17.9 Å². The fraction of sp³-hybridized carbons (Fsp3) is 0.750. The first-order valence-corrected chi connectivity index (χ1v) is 8.22. The molecule has 7 heteroatoms. The third kappa shape index (κ3) is 6.17. The SMILES string of the molecule is C=CCN(CCC(=O)NCC1CCCO1)S(C)(=O)=O. The maximum atomic E-state index is 11.6. The predicted molar refractivity (Wildman–Crippen MR) is 73.2 cm³/mol. The Morgan fingerprint density at radius 2 is 2.32 bits per heavy atom. The highest BCUT2D eigenvalue weighted by Crippen LogP contribution is 2.10. The van der Waals surface area contributed by atoms with Crippen molar-refractivity contribution in [2.75, 3.05) is 32.5 Å². The molecule has 1 heterocycles. The van der Waals surface area contributed by atoms with Crippen molar-refractivity contribution in [3.05, 3.63) is 12.7 Å². The molecule has 1 amide bonds. The average molecular weight is 290 g/mol. The Bertz CT molecular complexity index is 402. The van der Waals surface area contributed by atoms with Gasteiger partial charge in [-0.2, -0.15) is 4.31 Å². The van der Waals surface area contributed by atoms with Gasteiger partial charge in [0, 0.05) is 32.7 Å². The number of rotatable bonds is 8. The number of sulfonamides is 1. The zero-order chi connectivity index (χ0) is 14.3. The van der Waals surface area contributed by atoms with E-state index in [0.717, 1.165) is 25.7 Å². The summed E-state index contributed by atoms with van der Waals surface area (Å²) in [6, 6.07) is 0. The summed E-state index contributed by atoms with van der Waals surface area (Å²) in [5.41, 5.74) is 0. The quantitative estimate of drug-likeness (QED) is 0.644. The van der Waals surface area contributed by atoms with Gasteiger partial charge in [0.25, 0.3) is 0 Å². The predicted octanol–water partition coefficient (Wildman–Crippen LogP) is 0.119. The summed E-state index contributed by atoms with van der Waals surface area (Å²) in [7, 11) is -3.30. The number of hydrogen-bond acceptors (Lipinski definition) is 4. The van der Waals surface area contributed by atoms with Gasteiger partial charge < -0.3 is 10.1 Å². The molecule has 0 aromatic rings. The van der Waals surface area contributed by atoms with E-state index in [1.165, 1.54) is 10.4 Å². The highest BCUT2D eigenvalue weighted by Gasteiger charge is 2.18. The van der Waals surface area contributed by atoms with Gasteiger partial charge in [0.2, 0.25) is 15.9 Å². The summed E-state index contributed by atoms with van der Waals surface area (Å²) in [6.07, 6.45) is 4.87. The summed E-state index contributed by atoms with van der Waals surface area (Å²) in [4.78, 5) is 11.6. The lowest BCUT2D eigenvalue weighted by atomic mass is 10.2. The first kappa shape index (κ1) is 16.1. The van der Waals surface area contributed by atoms with Crippen LogP contribution in [-0.2, 0) is 19.6 Å². The fourth-order valence-corrected chi connectivity index (χ4v) is 2.68. The van der Waals surface area contributed by atoms with Gasteiger partial charge in [0.15, 0.2) is 0 Å². The lowest BCUT2D eigenvalue weighted by Gasteiger charge is -2.18. The van der Waals surface area contributed by atoms with E-state index in [1.807, 2.05) is 0 Å². The van der Waals surface area contributed by atoms with Gasteiger partial charge >= 0.3 is 0 Å². The average Bonchev–Trinajstić information content (AvgIpc) is 2.83. The van der Waals surface area contributed by atoms with Crippen LogP contribution in [0.1, 0.15) is 19.3 Å². The van der Waals surface area contributed by atoms with Gasteiger partial charge in [-0.3, -0.25) is 4.79 Å². The monoisotopic (exact) mass is 290 g/mol. The van der Waals surface area contributed by atoms with Crippen molar-refractivity contribution in [1.29, 1.82) is 0 Å². The van der Waals surface area contributed by atoms with Crippen LogP contribution in [0, 0.1) is 0 Å². The smallest absolute Gasteiger partial charge is 0.221 e. The van der Waals surface area contributed by atoms with E-state index in [1.54, 1.807) is 0 Å². The molecule has 0 saturated carbocycles. The summed E-state index contributed by atoms with van der Waals surface area (Å²) in [5.74, 6) is -0.159. The highest BCUT2D eigenvalue weighted by atomic mass is 32.2. The highest BCUT2D eigenvalue weighted by molar-refractivity contribution is 7.88. The molecule has 1 atom stereocenters. The Balaban J connectivity index is 2.28. The molecule has 0 aromatic heterocycles. The van der Waals surface area contributed by atoms with Crippen molar-refractivity contribution in [2.24, 2.45) is 0 Å². The van der Waals surface area contributed by atoms with Crippen LogP contribution in [0.25, 0.3) is 0 Å². The number of nitrogens with one attached hydrogen (secondary N) is 1. The molecule has 1 rings (SSSR count). The van der Waals surface area contributed by atoms with Crippen LogP contribution in [0.2, 0.25) is 0 Å². The molecule has 1 N–H and O–H groups in total. The van der Waals surface area contributed by atoms with E-state index in [-0.39, 0.29) is 31.5 Å². The summed E-state index contributed by atoms with van der Waals surface area (Å²) in [5, 5.41) is 2.76. The maximum absolute atomic E-state index is 11.6. The van der Waals surface area contributed by atoms with E-state index in [9.17, 15) is 13.2 Å². The largest absolute Gasteiger partial charge is 0.376 e. The number of carbonyl (C=O) groups excluding carboxylic acids is 1. The van der Waals surface area contributed by atoms with Gasteiger partial charge in [0.05, 0.1) is 12.4 Å². The molecular formula is C12H22N2O4S. The molecule has 19 heavy (non-hydrogen) atoms. The number of ether oxygens (including phenoxy) is 1. The van der Waals surface area contributed by atoms with E-state index in [0.29, 0.717) is 6.54 Å². The molecule has 1 aliphatic rings. The molecular weight excluding hydrogens is 268 g/mol. The van der Waals surface area contributed by atoms with Gasteiger partial charge in [-0.25, -0.2) is 8.42 Å². The Labute approximate surface area is 114 Å². The Morgan fingerprint density at radius 1 is 1.58 bits per heavy atom. The Hall–Kier alpha value is -0.920. The van der Waals surface area contributed by atoms with Gasteiger partial charge in [-0.05, 0) is 12.8 Å². The van der Waals surface area contributed by atoms with Crippen LogP contribution in [0.5, 0.6) is 0 Å². The van der Waals surface area contributed by atoms with Gasteiger partial charge in [-0.1, -0.05) is 6.08 Å². The molecule has 1 aliphatic heterocycles. The number of amides is 1. The molecule has 0 aromatic carbocycles. The number of nitrogens with zero attached hydrogens (tertiary/aromatic N) is 1. The minimum absolute atomic E-state index is 0.100. The zero-order valence-corrected chi connectivity index (χ0v) is 12.1. The second kappa shape index (κ2) is 7.62. The zero-order valence-electron chi connectivity index (χ0n) is 11.3. The topological polar surface area (TPSA) is 75.7 Å². The Morgan fingerprint density at radius 3 is 2.84 bits per heavy atom. The molecule has 1 saturated heterocycles. The third-order valence-electron chi connectivity index (χ3n) is 2.94. The lowest BCUT2D eigenvalue weighted by Crippen LogP contribution is -2.36. The Kier molecular flexibility index (Phi) is 6.47. The normalized spacial score (nSPS) is 19.6. The van der Waals surface area contributed by atoms with Crippen molar-refractivity contribution >= 4 is 15.9 Å². The van der Waals surface area contributed by atoms with Crippen LogP contribution in [0.15, 0.2) is 12.7 Å². The second-order valence-electron chi connectivity index (χ2n) is 4.60. The minimum atomic E-state index is -3.30. The van der Waals surface area contributed by atoms with Crippen molar-refractivity contribution in [3.63, 3.8) is 0 Å². The first-order chi connectivity index (χ1) is 8.93. The van der Waals surface area contributed by atoms with Gasteiger partial charge in [-0.15, -0.1) is 6.58 Å². The summed E-state index contributed by atoms with van der Waals surface area (Å²) < 4.78 is 29.5. The lowest BCUT2D eigenvalue weighted by molar-refractivity contribution is -0.121. The van der Waals surface area contributed by atoms with Crippen LogP contribution in [-0.4, -0.2) is 57.2 Å². The fourth-order valence-electron chi connectivity index (χ4n) is 1.88. The van der Waals surface area contributed by atoms with Crippen LogP contribution in [0.3, 0.4) is 0 Å². The summed E-state index contributed by atoms with van der Waals surface area (Å²) in [6.45, 7) is 5.15. The minimum Gasteiger partial charge on any atom is -0.376 e. The number of carbonyl (C=O) groups is 1. The molecule has 0 radical (unpaired) electrons. The molecule has 6 nitrogen and oxygen atoms in total. The third-order valence-corrected chi connectivity index (χ3v) is 4.21. The summed E-state index contributed by atoms with van der Waals surface area (Å²) >= 11 is 0. The molecule has 110 valence electrons. The molecule has 0 spiro atoms. The van der Waals surface area contributed by atoms with Crippen molar-refractivity contribution in [1.82, 2.24) is 9.62 Å². The molecule has 0 bridgehead atoms. The van der Waals surface area contributed by atoms with Gasteiger partial charge in [0.1, 0.15) is 0 Å². The molecule has 1 fully saturated rings. The maximum Gasteiger partial charge on any atom is 0.221 e. The van der Waals surface area contributed by atoms with Crippen molar-refractivity contribution in [2.45, 2.75) is 25.4 Å². The van der Waals surface area contributed by atoms with Crippen molar-refractivity contribution in [3.8, 4) is 0 Å². The number of hydrogen-bond donors (Lipinski definition) is 1. The molecule has 0 aliphatic carbocycles. The van der Waals surface area contributed by atoms with Crippen LogP contribution < -0.4 is 5.32 Å². The molecule has 1 unspecified atom stereocenters.